The molecular weight excluding hydrogens is 462 g/mol. The summed E-state index contributed by atoms with van der Waals surface area (Å²) in [4.78, 5) is 30.6. The Morgan fingerprint density at radius 2 is 1.81 bits per heavy atom. The van der Waals surface area contributed by atoms with Crippen molar-refractivity contribution in [1.29, 1.82) is 5.26 Å². The molecule has 1 amide bonds. The van der Waals surface area contributed by atoms with Gasteiger partial charge in [0.15, 0.2) is 5.78 Å². The minimum atomic E-state index is -0.492. The summed E-state index contributed by atoms with van der Waals surface area (Å²) in [6.45, 7) is 8.37. The lowest BCUT2D eigenvalue weighted by atomic mass is 9.68. The first-order valence-electron chi connectivity index (χ1n) is 13.0. The van der Waals surface area contributed by atoms with E-state index < -0.39 is 5.41 Å². The molecule has 1 saturated carbocycles. The van der Waals surface area contributed by atoms with Crippen LogP contribution in [0, 0.1) is 30.7 Å². The van der Waals surface area contributed by atoms with E-state index in [2.05, 4.69) is 33.1 Å². The predicted octanol–water partition coefficient (Wildman–Crippen LogP) is 4.32. The van der Waals surface area contributed by atoms with E-state index in [1.54, 1.807) is 7.05 Å². The van der Waals surface area contributed by atoms with E-state index in [1.807, 2.05) is 58.2 Å². The fourth-order valence-corrected chi connectivity index (χ4v) is 6.16. The van der Waals surface area contributed by atoms with Crippen LogP contribution in [0.25, 0.3) is 0 Å². The zero-order valence-corrected chi connectivity index (χ0v) is 22.5. The van der Waals surface area contributed by atoms with E-state index in [4.69, 9.17) is 5.26 Å². The van der Waals surface area contributed by atoms with Crippen LogP contribution in [-0.4, -0.2) is 37.3 Å². The highest BCUT2D eigenvalue weighted by Gasteiger charge is 2.42. The predicted molar refractivity (Wildman–Crippen MR) is 146 cm³/mol. The highest BCUT2D eigenvalue weighted by atomic mass is 16.1. The van der Waals surface area contributed by atoms with Crippen molar-refractivity contribution in [1.82, 2.24) is 16.0 Å². The van der Waals surface area contributed by atoms with Gasteiger partial charge >= 0.3 is 0 Å². The maximum absolute atomic E-state index is 13.7. The van der Waals surface area contributed by atoms with Gasteiger partial charge in [-0.3, -0.25) is 9.59 Å². The number of fused-ring (bicyclic) bond motifs is 1. The Labute approximate surface area is 219 Å². The van der Waals surface area contributed by atoms with Gasteiger partial charge in [-0.05, 0) is 68.2 Å². The minimum Gasteiger partial charge on any atom is -0.359 e. The van der Waals surface area contributed by atoms with Crippen LogP contribution in [0.15, 0.2) is 41.4 Å². The van der Waals surface area contributed by atoms with Crippen molar-refractivity contribution < 1.29 is 9.59 Å². The smallest absolute Gasteiger partial charge is 0.251 e. The fraction of sp³-hybridized carbons (Fsp3) is 0.467. The summed E-state index contributed by atoms with van der Waals surface area (Å²) in [5.41, 5.74) is 4.67. The number of rotatable bonds is 5. The van der Waals surface area contributed by atoms with Gasteiger partial charge in [0.2, 0.25) is 12.2 Å². The first-order chi connectivity index (χ1) is 17.6. The van der Waals surface area contributed by atoms with Gasteiger partial charge in [0, 0.05) is 41.6 Å². The van der Waals surface area contributed by atoms with E-state index in [0.717, 1.165) is 47.9 Å². The topological polar surface area (TPSA) is 106 Å². The molecule has 7 nitrogen and oxygen atoms in total. The lowest BCUT2D eigenvalue weighted by Crippen LogP contribution is -2.49. The standard InChI is InChI=1S/C30H37N5O2/c1-19-15-20(2)25(23-16-29(3,4)26(36)24(19)23)27(37)33-17-30(21-9-7-6-8-10-21)13-11-22(12-14-30)35-28(32-5)34-18-31/h6-10,15,22H,11-14,16-17H2,1-5H3,(H,33,37)(H2,32,34,35)/t22-,30-. The molecule has 1 fully saturated rings. The molecule has 37 heavy (non-hydrogen) atoms. The highest BCUT2D eigenvalue weighted by Crippen LogP contribution is 2.42. The van der Waals surface area contributed by atoms with Crippen molar-refractivity contribution in [3.8, 4) is 6.19 Å². The molecule has 0 unspecified atom stereocenters. The van der Waals surface area contributed by atoms with Crippen LogP contribution in [0.5, 0.6) is 0 Å². The molecule has 2 aromatic rings. The third-order valence-electron chi connectivity index (χ3n) is 8.17. The van der Waals surface area contributed by atoms with Gasteiger partial charge in [-0.2, -0.15) is 5.26 Å². The Morgan fingerprint density at radius 1 is 1.14 bits per heavy atom. The number of aliphatic imine (C=N–C) groups is 1. The molecule has 3 N–H and O–H groups in total. The van der Waals surface area contributed by atoms with Crippen molar-refractivity contribution >= 4 is 17.6 Å². The quantitative estimate of drug-likeness (QED) is 0.323. The molecule has 0 radical (unpaired) electrons. The third kappa shape index (κ3) is 5.11. The van der Waals surface area contributed by atoms with E-state index >= 15 is 0 Å². The Bertz CT molecular complexity index is 1270. The van der Waals surface area contributed by atoms with Crippen LogP contribution in [-0.2, 0) is 11.8 Å². The van der Waals surface area contributed by atoms with Crippen LogP contribution < -0.4 is 16.0 Å². The zero-order valence-electron chi connectivity index (χ0n) is 22.5. The Kier molecular flexibility index (Phi) is 7.40. The van der Waals surface area contributed by atoms with E-state index in [9.17, 15) is 9.59 Å². The number of carbonyl (C=O) groups is 2. The number of nitriles is 1. The summed E-state index contributed by atoms with van der Waals surface area (Å²) in [5, 5.41) is 18.5. The van der Waals surface area contributed by atoms with Gasteiger partial charge in [0.25, 0.3) is 5.91 Å². The first kappa shape index (κ1) is 26.4. The van der Waals surface area contributed by atoms with E-state index in [0.29, 0.717) is 24.5 Å². The number of carbonyl (C=O) groups excluding carboxylic acids is 2. The molecule has 2 aromatic carbocycles. The van der Waals surface area contributed by atoms with Gasteiger partial charge in [0.05, 0.1) is 0 Å². The molecular formula is C30H37N5O2. The van der Waals surface area contributed by atoms with Crippen molar-refractivity contribution in [3.63, 3.8) is 0 Å². The fourth-order valence-electron chi connectivity index (χ4n) is 6.16. The molecule has 2 aliphatic rings. The van der Waals surface area contributed by atoms with Crippen LogP contribution in [0.2, 0.25) is 0 Å². The van der Waals surface area contributed by atoms with Crippen LogP contribution in [0.4, 0.5) is 0 Å². The average molecular weight is 500 g/mol. The van der Waals surface area contributed by atoms with Crippen molar-refractivity contribution in [2.45, 2.75) is 71.3 Å². The Hall–Kier alpha value is -3.66. The molecule has 0 saturated heterocycles. The van der Waals surface area contributed by atoms with E-state index in [1.165, 1.54) is 5.56 Å². The maximum atomic E-state index is 13.7. The van der Waals surface area contributed by atoms with Gasteiger partial charge < -0.3 is 16.0 Å². The average Bonchev–Trinajstić information content (AvgIpc) is 3.12. The lowest BCUT2D eigenvalue weighted by Gasteiger charge is -2.41. The molecule has 2 aliphatic carbocycles. The van der Waals surface area contributed by atoms with Gasteiger partial charge in [0.1, 0.15) is 0 Å². The lowest BCUT2D eigenvalue weighted by molar-refractivity contribution is 0.0861. The molecule has 7 heteroatoms. The van der Waals surface area contributed by atoms with E-state index in [-0.39, 0.29) is 23.1 Å². The van der Waals surface area contributed by atoms with Gasteiger partial charge in [-0.25, -0.2) is 0 Å². The van der Waals surface area contributed by atoms with Crippen LogP contribution in [0.3, 0.4) is 0 Å². The second-order valence-corrected chi connectivity index (χ2v) is 11.2. The Morgan fingerprint density at radius 3 is 2.43 bits per heavy atom. The maximum Gasteiger partial charge on any atom is 0.251 e. The number of hydrogen-bond donors (Lipinski definition) is 3. The molecule has 0 heterocycles. The van der Waals surface area contributed by atoms with Crippen LogP contribution in [0.1, 0.15) is 82.5 Å². The van der Waals surface area contributed by atoms with Gasteiger partial charge in [-0.15, -0.1) is 4.99 Å². The minimum absolute atomic E-state index is 0.103. The number of amides is 1. The molecule has 0 aromatic heterocycles. The number of aryl methyl sites for hydroxylation is 2. The van der Waals surface area contributed by atoms with Gasteiger partial charge in [-0.1, -0.05) is 50.2 Å². The first-order valence-corrected chi connectivity index (χ1v) is 13.0. The monoisotopic (exact) mass is 499 g/mol. The number of guanidine groups is 1. The largest absolute Gasteiger partial charge is 0.359 e. The second kappa shape index (κ2) is 10.4. The summed E-state index contributed by atoms with van der Waals surface area (Å²) in [7, 11) is 1.74. The summed E-state index contributed by atoms with van der Waals surface area (Å²) < 4.78 is 0. The third-order valence-corrected chi connectivity index (χ3v) is 8.17. The molecule has 0 spiro atoms. The normalized spacial score (nSPS) is 22.6. The highest BCUT2D eigenvalue weighted by molar-refractivity contribution is 6.10. The number of nitrogens with one attached hydrogen (secondary N) is 3. The molecule has 0 atom stereocenters. The number of Topliss-reactive ketones (excluding diaryl/α,β-unsaturated/α-hetero) is 1. The zero-order chi connectivity index (χ0) is 26.8. The summed E-state index contributed by atoms with van der Waals surface area (Å²) in [6.07, 6.45) is 5.95. The number of hydrogen-bond acceptors (Lipinski definition) is 4. The second-order valence-electron chi connectivity index (χ2n) is 11.2. The SMILES string of the molecule is CN/C(=N\C#N)N[C@H]1CC[C@](CNC(=O)c2c(C)cc(C)c3c2CC(C)(C)C3=O)(c2ccccc2)CC1. The molecule has 0 bridgehead atoms. The van der Waals surface area contributed by atoms with Crippen molar-refractivity contribution in [2.24, 2.45) is 10.4 Å². The molecule has 194 valence electrons. The molecule has 4 rings (SSSR count). The summed E-state index contributed by atoms with van der Waals surface area (Å²) >= 11 is 0. The number of ketones is 1. The number of benzene rings is 2. The molecule has 0 aliphatic heterocycles. The summed E-state index contributed by atoms with van der Waals surface area (Å²) in [6, 6.07) is 12.6. The number of nitrogens with zero attached hydrogens (tertiary/aromatic N) is 2. The van der Waals surface area contributed by atoms with Crippen molar-refractivity contribution in [3.05, 3.63) is 69.8 Å². The Balaban J connectivity index is 1.57. The van der Waals surface area contributed by atoms with Crippen LogP contribution >= 0.6 is 0 Å². The van der Waals surface area contributed by atoms with Crippen molar-refractivity contribution in [2.75, 3.05) is 13.6 Å². The summed E-state index contributed by atoms with van der Waals surface area (Å²) in [5.74, 6) is 0.504.